The fourth-order valence-corrected chi connectivity index (χ4v) is 6.04. The van der Waals surface area contributed by atoms with Crippen molar-refractivity contribution in [1.29, 1.82) is 0 Å². The van der Waals surface area contributed by atoms with Crippen molar-refractivity contribution in [2.24, 2.45) is 0 Å². The van der Waals surface area contributed by atoms with E-state index in [0.717, 1.165) is 48.6 Å². The van der Waals surface area contributed by atoms with E-state index in [1.807, 2.05) is 24.0 Å². The van der Waals surface area contributed by atoms with E-state index in [9.17, 15) is 9.59 Å². The van der Waals surface area contributed by atoms with Gasteiger partial charge in [0, 0.05) is 31.1 Å². The Morgan fingerprint density at radius 3 is 2.47 bits per heavy atom. The Kier molecular flexibility index (Phi) is 7.02. The van der Waals surface area contributed by atoms with E-state index >= 15 is 0 Å². The van der Waals surface area contributed by atoms with Crippen LogP contribution < -0.4 is 5.56 Å². The maximum absolute atomic E-state index is 13.6. The molecule has 0 atom stereocenters. The van der Waals surface area contributed by atoms with E-state index in [0.29, 0.717) is 22.8 Å². The average molecular weight is 471 g/mol. The summed E-state index contributed by atoms with van der Waals surface area (Å²) in [4.78, 5) is 37.4. The summed E-state index contributed by atoms with van der Waals surface area (Å²) in [6, 6.07) is 8.21. The van der Waals surface area contributed by atoms with Gasteiger partial charge in [0.2, 0.25) is 5.91 Å². The molecule has 1 aliphatic heterocycles. The minimum Gasteiger partial charge on any atom is -0.339 e. The average Bonchev–Trinajstić information content (AvgIpc) is 3.11. The number of fused-ring (bicyclic) bond motifs is 1. The molecular weight excluding hydrogens is 440 g/mol. The summed E-state index contributed by atoms with van der Waals surface area (Å²) < 4.78 is 1.74. The number of hydrogen-bond acceptors (Lipinski definition) is 6. The van der Waals surface area contributed by atoms with Crippen LogP contribution in [0.5, 0.6) is 0 Å². The van der Waals surface area contributed by atoms with Crippen LogP contribution in [-0.4, -0.2) is 64.2 Å². The monoisotopic (exact) mass is 470 g/mol. The zero-order chi connectivity index (χ0) is 22.8. The first-order valence-corrected chi connectivity index (χ1v) is 12.8. The molecule has 32 heavy (non-hydrogen) atoms. The number of amides is 1. The standard InChI is InChI=1S/C24H30N4O2S2/c1-5-19-17(3)21-22(32-19)25-24(31-15-20(29)27-12-10-26(4)11-13-27)28(23(21)30)14-18-8-6-16(2)7-9-18/h6-9H,5,10-15H2,1-4H3. The molecule has 3 heterocycles. The Hall–Kier alpha value is -2.16. The second kappa shape index (κ2) is 9.77. The van der Waals surface area contributed by atoms with E-state index in [2.05, 4.69) is 37.9 Å². The second-order valence-corrected chi connectivity index (χ2v) is 10.5. The Morgan fingerprint density at radius 2 is 1.81 bits per heavy atom. The van der Waals surface area contributed by atoms with Crippen molar-refractivity contribution in [2.75, 3.05) is 39.0 Å². The first-order chi connectivity index (χ1) is 15.4. The van der Waals surface area contributed by atoms with Crippen LogP contribution in [0.3, 0.4) is 0 Å². The zero-order valence-electron chi connectivity index (χ0n) is 19.2. The Bertz CT molecular complexity index is 1180. The van der Waals surface area contributed by atoms with Crippen molar-refractivity contribution in [2.45, 2.75) is 38.9 Å². The number of thioether (sulfide) groups is 1. The van der Waals surface area contributed by atoms with Crippen LogP contribution in [-0.2, 0) is 17.8 Å². The third-order valence-electron chi connectivity index (χ3n) is 6.08. The molecule has 0 spiro atoms. The first kappa shape index (κ1) is 23.0. The molecule has 8 heteroatoms. The van der Waals surface area contributed by atoms with Crippen molar-refractivity contribution in [3.63, 3.8) is 0 Å². The van der Waals surface area contributed by atoms with E-state index in [4.69, 9.17) is 4.98 Å². The highest BCUT2D eigenvalue weighted by molar-refractivity contribution is 7.99. The quantitative estimate of drug-likeness (QED) is 0.407. The normalized spacial score (nSPS) is 14.9. The van der Waals surface area contributed by atoms with Gasteiger partial charge in [-0.25, -0.2) is 4.98 Å². The number of aromatic nitrogens is 2. The predicted octanol–water partition coefficient (Wildman–Crippen LogP) is 3.55. The summed E-state index contributed by atoms with van der Waals surface area (Å²) in [5, 5.41) is 1.34. The van der Waals surface area contributed by atoms with Gasteiger partial charge in [0.25, 0.3) is 5.56 Å². The number of rotatable bonds is 6. The van der Waals surface area contributed by atoms with Crippen molar-refractivity contribution in [1.82, 2.24) is 19.4 Å². The number of piperazine rings is 1. The van der Waals surface area contributed by atoms with Crippen LogP contribution in [0.4, 0.5) is 0 Å². The highest BCUT2D eigenvalue weighted by Gasteiger charge is 2.22. The largest absolute Gasteiger partial charge is 0.339 e. The van der Waals surface area contributed by atoms with Crippen molar-refractivity contribution >= 4 is 39.2 Å². The molecule has 1 fully saturated rings. The number of aryl methyl sites for hydroxylation is 3. The molecule has 0 unspecified atom stereocenters. The Labute approximate surface area is 197 Å². The van der Waals surface area contributed by atoms with Crippen molar-refractivity contribution in [3.8, 4) is 0 Å². The second-order valence-electron chi connectivity index (χ2n) is 8.43. The van der Waals surface area contributed by atoms with Gasteiger partial charge in [-0.2, -0.15) is 0 Å². The fourth-order valence-electron chi connectivity index (χ4n) is 3.98. The molecular formula is C24H30N4O2S2. The van der Waals surface area contributed by atoms with Gasteiger partial charge in [0.15, 0.2) is 5.16 Å². The van der Waals surface area contributed by atoms with Gasteiger partial charge in [-0.05, 0) is 38.4 Å². The lowest BCUT2D eigenvalue weighted by Crippen LogP contribution is -2.47. The smallest absolute Gasteiger partial charge is 0.263 e. The molecule has 0 N–H and O–H groups in total. The first-order valence-electron chi connectivity index (χ1n) is 11.0. The molecule has 1 aromatic carbocycles. The van der Waals surface area contributed by atoms with Gasteiger partial charge in [0.05, 0.1) is 17.7 Å². The summed E-state index contributed by atoms with van der Waals surface area (Å²) in [5.74, 6) is 0.400. The number of likely N-dealkylation sites (N-methyl/N-ethyl adjacent to an activating group) is 1. The van der Waals surface area contributed by atoms with Crippen LogP contribution in [0.15, 0.2) is 34.2 Å². The van der Waals surface area contributed by atoms with E-state index in [1.54, 1.807) is 15.9 Å². The van der Waals surface area contributed by atoms with Gasteiger partial charge in [0.1, 0.15) is 4.83 Å². The van der Waals surface area contributed by atoms with Crippen molar-refractivity contribution < 1.29 is 4.79 Å². The number of benzene rings is 1. The van der Waals surface area contributed by atoms with Crippen LogP contribution in [0.2, 0.25) is 0 Å². The summed E-state index contributed by atoms with van der Waals surface area (Å²) in [6.45, 7) is 9.91. The third kappa shape index (κ3) is 4.77. The van der Waals surface area contributed by atoms with Gasteiger partial charge in [-0.15, -0.1) is 11.3 Å². The molecule has 1 saturated heterocycles. The van der Waals surface area contributed by atoms with E-state index in [1.165, 1.54) is 22.2 Å². The maximum atomic E-state index is 13.6. The Morgan fingerprint density at radius 1 is 1.12 bits per heavy atom. The number of carbonyl (C=O) groups excluding carboxylic acids is 1. The summed E-state index contributed by atoms with van der Waals surface area (Å²) in [5.41, 5.74) is 3.25. The lowest BCUT2D eigenvalue weighted by molar-refractivity contribution is -0.129. The molecule has 0 radical (unpaired) electrons. The number of thiophene rings is 1. The van der Waals surface area contributed by atoms with Crippen LogP contribution in [0, 0.1) is 13.8 Å². The van der Waals surface area contributed by atoms with Crippen LogP contribution >= 0.6 is 23.1 Å². The zero-order valence-corrected chi connectivity index (χ0v) is 20.8. The molecule has 4 rings (SSSR count). The number of nitrogens with zero attached hydrogens (tertiary/aromatic N) is 4. The van der Waals surface area contributed by atoms with Gasteiger partial charge in [-0.3, -0.25) is 14.2 Å². The minimum absolute atomic E-state index is 0.0152. The minimum atomic E-state index is -0.0152. The molecule has 0 bridgehead atoms. The van der Waals surface area contributed by atoms with Gasteiger partial charge < -0.3 is 9.80 Å². The highest BCUT2D eigenvalue weighted by Crippen LogP contribution is 2.30. The predicted molar refractivity (Wildman–Crippen MR) is 133 cm³/mol. The number of hydrogen-bond donors (Lipinski definition) is 0. The maximum Gasteiger partial charge on any atom is 0.263 e. The van der Waals surface area contributed by atoms with Crippen LogP contribution in [0.1, 0.15) is 28.5 Å². The molecule has 1 aliphatic rings. The molecule has 170 valence electrons. The highest BCUT2D eigenvalue weighted by atomic mass is 32.2. The van der Waals surface area contributed by atoms with Gasteiger partial charge >= 0.3 is 0 Å². The summed E-state index contributed by atoms with van der Waals surface area (Å²) in [7, 11) is 2.08. The topological polar surface area (TPSA) is 58.4 Å². The third-order valence-corrected chi connectivity index (χ3v) is 8.37. The summed E-state index contributed by atoms with van der Waals surface area (Å²) in [6.07, 6.45) is 0.884. The molecule has 0 saturated carbocycles. The van der Waals surface area contributed by atoms with E-state index < -0.39 is 0 Å². The molecule has 3 aromatic rings. The fraction of sp³-hybridized carbons (Fsp3) is 0.458. The number of carbonyl (C=O) groups is 1. The lowest BCUT2D eigenvalue weighted by atomic mass is 10.1. The van der Waals surface area contributed by atoms with Crippen LogP contribution in [0.25, 0.3) is 10.2 Å². The molecule has 2 aromatic heterocycles. The molecule has 0 aliphatic carbocycles. The SMILES string of the molecule is CCc1sc2nc(SCC(=O)N3CCN(C)CC3)n(Cc3ccc(C)cc3)c(=O)c2c1C. The van der Waals surface area contributed by atoms with E-state index in [-0.39, 0.29) is 11.5 Å². The van der Waals surface area contributed by atoms with Crippen molar-refractivity contribution in [3.05, 3.63) is 56.2 Å². The summed E-state index contributed by atoms with van der Waals surface area (Å²) >= 11 is 2.97. The molecule has 6 nitrogen and oxygen atoms in total. The molecule has 1 amide bonds. The lowest BCUT2D eigenvalue weighted by Gasteiger charge is -2.32. The van der Waals surface area contributed by atoms with Gasteiger partial charge in [-0.1, -0.05) is 48.5 Å². The Balaban J connectivity index is 1.66.